The number of nitrogens with zero attached hydrogens (tertiary/aromatic N) is 1. The van der Waals surface area contributed by atoms with Crippen molar-refractivity contribution >= 4 is 23.5 Å². The molecule has 0 fully saturated rings. The molecule has 6 heteroatoms. The van der Waals surface area contributed by atoms with Crippen molar-refractivity contribution in [1.82, 2.24) is 5.43 Å². The highest BCUT2D eigenvalue weighted by Gasteiger charge is 2.04. The van der Waals surface area contributed by atoms with Crippen molar-refractivity contribution in [3.8, 4) is 11.5 Å². The molecular weight excluding hydrogens is 252 g/mol. The molecule has 0 aliphatic carbocycles. The number of nitrogens with one attached hydrogen (secondary N) is 1. The van der Waals surface area contributed by atoms with Gasteiger partial charge in [-0.05, 0) is 23.6 Å². The molecule has 1 aromatic heterocycles. The van der Waals surface area contributed by atoms with E-state index in [1.54, 1.807) is 17.5 Å². The van der Waals surface area contributed by atoms with Gasteiger partial charge in [-0.25, -0.2) is 5.43 Å². The van der Waals surface area contributed by atoms with E-state index in [4.69, 9.17) is 5.11 Å². The van der Waals surface area contributed by atoms with E-state index in [1.165, 1.54) is 35.8 Å². The van der Waals surface area contributed by atoms with Gasteiger partial charge < -0.3 is 10.2 Å². The molecule has 1 amide bonds. The van der Waals surface area contributed by atoms with Crippen molar-refractivity contribution < 1.29 is 15.0 Å². The Balaban J connectivity index is 2.01. The first-order valence-corrected chi connectivity index (χ1v) is 5.93. The number of thiophene rings is 1. The van der Waals surface area contributed by atoms with Crippen LogP contribution < -0.4 is 5.43 Å². The summed E-state index contributed by atoms with van der Waals surface area (Å²) in [5.41, 5.74) is 2.74. The second kappa shape index (κ2) is 5.33. The standard InChI is InChI=1S/C12H10N2O3S/c15-9-4-3-8(10(16)6-9)7-13-14-12(17)11-2-1-5-18-11/h1-7,15-16H,(H,14,17)/b13-7-. The van der Waals surface area contributed by atoms with Gasteiger partial charge in [0.1, 0.15) is 11.5 Å². The summed E-state index contributed by atoms with van der Waals surface area (Å²) < 4.78 is 0. The number of amides is 1. The predicted molar refractivity (Wildman–Crippen MR) is 69.2 cm³/mol. The van der Waals surface area contributed by atoms with Gasteiger partial charge in [0, 0.05) is 11.6 Å². The molecule has 0 aliphatic rings. The molecule has 2 rings (SSSR count). The molecule has 0 saturated carbocycles. The molecule has 0 radical (unpaired) electrons. The number of phenols is 2. The minimum absolute atomic E-state index is 0.0349. The van der Waals surface area contributed by atoms with Crippen molar-refractivity contribution in [3.05, 3.63) is 46.2 Å². The first-order valence-electron chi connectivity index (χ1n) is 5.06. The van der Waals surface area contributed by atoms with Gasteiger partial charge >= 0.3 is 0 Å². The number of aromatic hydroxyl groups is 2. The zero-order chi connectivity index (χ0) is 13.0. The average molecular weight is 262 g/mol. The normalized spacial score (nSPS) is 10.7. The van der Waals surface area contributed by atoms with Crippen molar-refractivity contribution in [1.29, 1.82) is 0 Å². The molecule has 92 valence electrons. The molecule has 0 unspecified atom stereocenters. The molecular formula is C12H10N2O3S. The molecule has 2 aromatic rings. The molecule has 3 N–H and O–H groups in total. The number of hydrogen-bond donors (Lipinski definition) is 3. The zero-order valence-electron chi connectivity index (χ0n) is 9.20. The fourth-order valence-electron chi connectivity index (χ4n) is 1.26. The van der Waals surface area contributed by atoms with Crippen molar-refractivity contribution in [2.45, 2.75) is 0 Å². The Morgan fingerprint density at radius 3 is 2.83 bits per heavy atom. The summed E-state index contributed by atoms with van der Waals surface area (Å²) in [6.45, 7) is 0. The summed E-state index contributed by atoms with van der Waals surface area (Å²) in [5.74, 6) is -0.448. The smallest absolute Gasteiger partial charge is 0.281 e. The lowest BCUT2D eigenvalue weighted by atomic mass is 10.2. The summed E-state index contributed by atoms with van der Waals surface area (Å²) in [4.78, 5) is 12.1. The van der Waals surface area contributed by atoms with E-state index >= 15 is 0 Å². The molecule has 1 aromatic carbocycles. The molecule has 0 atom stereocenters. The van der Waals surface area contributed by atoms with Crippen LogP contribution in [0, 0.1) is 0 Å². The highest BCUT2D eigenvalue weighted by molar-refractivity contribution is 7.12. The number of carbonyl (C=O) groups excluding carboxylic acids is 1. The summed E-state index contributed by atoms with van der Waals surface area (Å²) in [7, 11) is 0. The molecule has 5 nitrogen and oxygen atoms in total. The topological polar surface area (TPSA) is 81.9 Å². The van der Waals surface area contributed by atoms with Gasteiger partial charge in [-0.15, -0.1) is 11.3 Å². The van der Waals surface area contributed by atoms with E-state index in [-0.39, 0.29) is 17.4 Å². The maximum atomic E-state index is 11.5. The van der Waals surface area contributed by atoms with Gasteiger partial charge in [-0.3, -0.25) is 4.79 Å². The summed E-state index contributed by atoms with van der Waals surface area (Å²) in [6.07, 6.45) is 1.31. The zero-order valence-corrected chi connectivity index (χ0v) is 10.0. The number of hydrogen-bond acceptors (Lipinski definition) is 5. The maximum absolute atomic E-state index is 11.5. The number of carbonyl (C=O) groups is 1. The molecule has 0 aliphatic heterocycles. The van der Waals surface area contributed by atoms with Gasteiger partial charge in [0.15, 0.2) is 0 Å². The first-order chi connectivity index (χ1) is 8.66. The van der Waals surface area contributed by atoms with E-state index < -0.39 is 0 Å². The van der Waals surface area contributed by atoms with Gasteiger partial charge in [-0.1, -0.05) is 6.07 Å². The minimum atomic E-state index is -0.306. The lowest BCUT2D eigenvalue weighted by Gasteiger charge is -1.99. The van der Waals surface area contributed by atoms with Crippen LogP contribution in [0.2, 0.25) is 0 Å². The first kappa shape index (κ1) is 12.1. The lowest BCUT2D eigenvalue weighted by Crippen LogP contribution is -2.16. The third-order valence-electron chi connectivity index (χ3n) is 2.13. The SMILES string of the molecule is O=C(N/N=C\c1ccc(O)cc1O)c1cccs1. The van der Waals surface area contributed by atoms with Gasteiger partial charge in [0.25, 0.3) is 5.91 Å². The average Bonchev–Trinajstić information content (AvgIpc) is 2.85. The molecule has 18 heavy (non-hydrogen) atoms. The van der Waals surface area contributed by atoms with E-state index in [2.05, 4.69) is 10.5 Å². The molecule has 0 bridgehead atoms. The second-order valence-corrected chi connectivity index (χ2v) is 4.37. The van der Waals surface area contributed by atoms with E-state index in [9.17, 15) is 9.90 Å². The van der Waals surface area contributed by atoms with Crippen LogP contribution >= 0.6 is 11.3 Å². The number of benzene rings is 1. The quantitative estimate of drug-likeness (QED) is 0.584. The van der Waals surface area contributed by atoms with Gasteiger partial charge in [0.05, 0.1) is 11.1 Å². The van der Waals surface area contributed by atoms with Crippen LogP contribution in [0.1, 0.15) is 15.2 Å². The third-order valence-corrected chi connectivity index (χ3v) is 3.00. The number of phenolic OH excluding ortho intramolecular Hbond substituents is 2. The third kappa shape index (κ3) is 2.86. The fraction of sp³-hybridized carbons (Fsp3) is 0. The summed E-state index contributed by atoms with van der Waals surface area (Å²) >= 11 is 1.31. The van der Waals surface area contributed by atoms with Crippen LogP contribution in [0.25, 0.3) is 0 Å². The van der Waals surface area contributed by atoms with E-state index in [0.717, 1.165) is 0 Å². The van der Waals surface area contributed by atoms with Gasteiger partial charge in [0.2, 0.25) is 0 Å². The monoisotopic (exact) mass is 262 g/mol. The van der Waals surface area contributed by atoms with Gasteiger partial charge in [-0.2, -0.15) is 5.10 Å². The lowest BCUT2D eigenvalue weighted by molar-refractivity contribution is 0.0959. The molecule has 1 heterocycles. The van der Waals surface area contributed by atoms with Crippen LogP contribution in [0.4, 0.5) is 0 Å². The molecule has 0 spiro atoms. The largest absolute Gasteiger partial charge is 0.508 e. The van der Waals surface area contributed by atoms with Crippen molar-refractivity contribution in [2.24, 2.45) is 5.10 Å². The molecule has 0 saturated heterocycles. The van der Waals surface area contributed by atoms with Crippen LogP contribution in [0.15, 0.2) is 40.8 Å². The Morgan fingerprint density at radius 1 is 1.33 bits per heavy atom. The number of rotatable bonds is 3. The Labute approximate surface area is 107 Å². The summed E-state index contributed by atoms with van der Waals surface area (Å²) in [5, 5.41) is 24.1. The van der Waals surface area contributed by atoms with Crippen LogP contribution in [0.5, 0.6) is 11.5 Å². The van der Waals surface area contributed by atoms with Crippen LogP contribution in [-0.2, 0) is 0 Å². The maximum Gasteiger partial charge on any atom is 0.281 e. The predicted octanol–water partition coefficient (Wildman–Crippen LogP) is 1.92. The Bertz CT molecular complexity index is 579. The van der Waals surface area contributed by atoms with E-state index in [1.807, 2.05) is 0 Å². The number of hydrazone groups is 1. The summed E-state index contributed by atoms with van der Waals surface area (Å²) in [6, 6.07) is 7.57. The fourth-order valence-corrected chi connectivity index (χ4v) is 1.88. The Kier molecular flexibility index (Phi) is 3.59. The van der Waals surface area contributed by atoms with E-state index in [0.29, 0.717) is 10.4 Å². The highest BCUT2D eigenvalue weighted by atomic mass is 32.1. The van der Waals surface area contributed by atoms with Crippen molar-refractivity contribution in [3.63, 3.8) is 0 Å². The van der Waals surface area contributed by atoms with Crippen LogP contribution in [0.3, 0.4) is 0 Å². The van der Waals surface area contributed by atoms with Crippen molar-refractivity contribution in [2.75, 3.05) is 0 Å². The second-order valence-electron chi connectivity index (χ2n) is 3.42. The Morgan fingerprint density at radius 2 is 2.17 bits per heavy atom. The van der Waals surface area contributed by atoms with Crippen LogP contribution in [-0.4, -0.2) is 22.3 Å². The Hall–Kier alpha value is -2.34. The minimum Gasteiger partial charge on any atom is -0.508 e. The highest BCUT2D eigenvalue weighted by Crippen LogP contribution is 2.20.